The summed E-state index contributed by atoms with van der Waals surface area (Å²) in [6.45, 7) is 4.57. The highest BCUT2D eigenvalue weighted by molar-refractivity contribution is 6.02. The zero-order chi connectivity index (χ0) is 22.1. The van der Waals surface area contributed by atoms with E-state index in [-0.39, 0.29) is 11.3 Å². The number of carbonyl (C=O) groups excluding carboxylic acids is 2. The number of methoxy groups -OCH3 is 1. The van der Waals surface area contributed by atoms with E-state index in [4.69, 9.17) is 14.2 Å². The van der Waals surface area contributed by atoms with Gasteiger partial charge in [-0.05, 0) is 44.2 Å². The highest BCUT2D eigenvalue weighted by atomic mass is 16.6. The Bertz CT molecular complexity index is 897. The molecule has 0 heterocycles. The van der Waals surface area contributed by atoms with Gasteiger partial charge < -0.3 is 19.5 Å². The van der Waals surface area contributed by atoms with Crippen LogP contribution in [-0.4, -0.2) is 49.6 Å². The Kier molecular flexibility index (Phi) is 8.30. The molecule has 9 heteroatoms. The Labute approximate surface area is 174 Å². The highest BCUT2D eigenvalue weighted by Gasteiger charge is 2.24. The fraction of sp³-hybridized carbons (Fsp3) is 0.333. The summed E-state index contributed by atoms with van der Waals surface area (Å²) in [5.74, 6) is -0.613. The lowest BCUT2D eigenvalue weighted by Crippen LogP contribution is -2.25. The molecule has 0 radical (unpaired) electrons. The fourth-order valence-electron chi connectivity index (χ4n) is 2.65. The van der Waals surface area contributed by atoms with Crippen molar-refractivity contribution in [2.75, 3.05) is 32.2 Å². The number of Topliss-reactive ketones (excluding diaryl/α,β-unsaturated/α-hetero) is 1. The number of nitrogens with zero attached hydrogens (tertiary/aromatic N) is 1. The molecule has 1 atom stereocenters. The summed E-state index contributed by atoms with van der Waals surface area (Å²) in [4.78, 5) is 35.7. The Morgan fingerprint density at radius 3 is 2.47 bits per heavy atom. The van der Waals surface area contributed by atoms with Crippen LogP contribution in [0, 0.1) is 10.1 Å². The van der Waals surface area contributed by atoms with Crippen LogP contribution in [0.3, 0.4) is 0 Å². The SMILES string of the molecule is CCOc1ccc(C(=O)[C@H](C)OC(=O)c2cc([N+](=O)[O-])ccc2NCCOC)cc1. The van der Waals surface area contributed by atoms with Gasteiger partial charge in [-0.25, -0.2) is 4.79 Å². The van der Waals surface area contributed by atoms with Gasteiger partial charge in [-0.2, -0.15) is 0 Å². The van der Waals surface area contributed by atoms with E-state index < -0.39 is 22.8 Å². The van der Waals surface area contributed by atoms with Gasteiger partial charge in [0.15, 0.2) is 6.10 Å². The Hall–Kier alpha value is -3.46. The van der Waals surface area contributed by atoms with Crippen LogP contribution in [0.5, 0.6) is 5.75 Å². The minimum Gasteiger partial charge on any atom is -0.494 e. The summed E-state index contributed by atoms with van der Waals surface area (Å²) in [7, 11) is 1.53. The molecule has 0 bridgehead atoms. The molecule has 30 heavy (non-hydrogen) atoms. The van der Waals surface area contributed by atoms with E-state index in [9.17, 15) is 19.7 Å². The van der Waals surface area contributed by atoms with Gasteiger partial charge in [-0.3, -0.25) is 14.9 Å². The minimum absolute atomic E-state index is 0.0355. The lowest BCUT2D eigenvalue weighted by molar-refractivity contribution is -0.384. The van der Waals surface area contributed by atoms with Crippen LogP contribution in [0.1, 0.15) is 34.6 Å². The quantitative estimate of drug-likeness (QED) is 0.195. The van der Waals surface area contributed by atoms with Crippen LogP contribution >= 0.6 is 0 Å². The number of hydrogen-bond donors (Lipinski definition) is 1. The van der Waals surface area contributed by atoms with E-state index in [2.05, 4.69) is 5.32 Å². The molecule has 0 unspecified atom stereocenters. The lowest BCUT2D eigenvalue weighted by atomic mass is 10.1. The molecule has 0 aliphatic heterocycles. The average molecular weight is 416 g/mol. The second kappa shape index (κ2) is 10.9. The number of carbonyl (C=O) groups is 2. The average Bonchev–Trinajstić information content (AvgIpc) is 2.74. The maximum atomic E-state index is 12.7. The standard InChI is InChI=1S/C21H24N2O7/c1-4-29-17-8-5-15(6-9-17)20(24)14(2)30-21(25)18-13-16(23(26)27)7-10-19(18)22-11-12-28-3/h5-10,13-14,22H,4,11-12H2,1-3H3/t14-/m0/s1. The molecule has 2 aromatic rings. The van der Waals surface area contributed by atoms with Crippen LogP contribution in [0.4, 0.5) is 11.4 Å². The van der Waals surface area contributed by atoms with Crippen LogP contribution < -0.4 is 10.1 Å². The molecule has 0 fully saturated rings. The molecule has 0 saturated carbocycles. The van der Waals surface area contributed by atoms with Crippen molar-refractivity contribution in [3.05, 3.63) is 63.7 Å². The predicted octanol–water partition coefficient (Wildman–Crippen LogP) is 3.48. The van der Waals surface area contributed by atoms with E-state index in [0.29, 0.717) is 36.8 Å². The molecular weight excluding hydrogens is 392 g/mol. The van der Waals surface area contributed by atoms with Crippen molar-refractivity contribution >= 4 is 23.1 Å². The molecular formula is C21H24N2O7. The van der Waals surface area contributed by atoms with Gasteiger partial charge >= 0.3 is 5.97 Å². The third-order valence-corrected chi connectivity index (χ3v) is 4.16. The highest BCUT2D eigenvalue weighted by Crippen LogP contribution is 2.24. The zero-order valence-corrected chi connectivity index (χ0v) is 17.0. The number of anilines is 1. The topological polar surface area (TPSA) is 117 Å². The number of non-ortho nitro benzene ring substituents is 1. The van der Waals surface area contributed by atoms with Gasteiger partial charge in [0.05, 0.1) is 23.7 Å². The number of nitro benzene ring substituents is 1. The first-order valence-corrected chi connectivity index (χ1v) is 9.36. The van der Waals surface area contributed by atoms with E-state index in [1.807, 2.05) is 6.92 Å². The summed E-state index contributed by atoms with van der Waals surface area (Å²) in [5, 5.41) is 14.1. The second-order valence-corrected chi connectivity index (χ2v) is 6.28. The third-order valence-electron chi connectivity index (χ3n) is 4.16. The number of ketones is 1. The Morgan fingerprint density at radius 2 is 1.87 bits per heavy atom. The van der Waals surface area contributed by atoms with Crippen LogP contribution in [0.25, 0.3) is 0 Å². The molecule has 9 nitrogen and oxygen atoms in total. The van der Waals surface area contributed by atoms with E-state index in [0.717, 1.165) is 6.07 Å². The molecule has 0 amide bonds. The molecule has 0 spiro atoms. The number of esters is 1. The van der Waals surface area contributed by atoms with Crippen LogP contribution in [0.15, 0.2) is 42.5 Å². The molecule has 2 rings (SSSR count). The summed E-state index contributed by atoms with van der Waals surface area (Å²) >= 11 is 0. The van der Waals surface area contributed by atoms with Crippen molar-refractivity contribution in [2.45, 2.75) is 20.0 Å². The van der Waals surface area contributed by atoms with Crippen molar-refractivity contribution < 1.29 is 28.7 Å². The van der Waals surface area contributed by atoms with Gasteiger partial charge in [-0.15, -0.1) is 0 Å². The van der Waals surface area contributed by atoms with Gasteiger partial charge in [0.1, 0.15) is 5.75 Å². The third kappa shape index (κ3) is 6.02. The van der Waals surface area contributed by atoms with Gasteiger partial charge in [0.2, 0.25) is 5.78 Å². The van der Waals surface area contributed by atoms with Gasteiger partial charge in [0.25, 0.3) is 5.69 Å². The largest absolute Gasteiger partial charge is 0.494 e. The van der Waals surface area contributed by atoms with E-state index in [1.54, 1.807) is 24.3 Å². The number of ether oxygens (including phenoxy) is 3. The molecule has 160 valence electrons. The van der Waals surface area contributed by atoms with Crippen molar-refractivity contribution in [3.63, 3.8) is 0 Å². The predicted molar refractivity (Wildman–Crippen MR) is 110 cm³/mol. The summed E-state index contributed by atoms with van der Waals surface area (Å²) in [6.07, 6.45) is -1.08. The monoisotopic (exact) mass is 416 g/mol. The molecule has 0 aromatic heterocycles. The van der Waals surface area contributed by atoms with Crippen molar-refractivity contribution in [2.24, 2.45) is 0 Å². The van der Waals surface area contributed by atoms with Crippen molar-refractivity contribution in [1.82, 2.24) is 0 Å². The normalized spacial score (nSPS) is 11.4. The zero-order valence-electron chi connectivity index (χ0n) is 17.0. The maximum absolute atomic E-state index is 12.7. The second-order valence-electron chi connectivity index (χ2n) is 6.28. The van der Waals surface area contributed by atoms with Crippen molar-refractivity contribution in [1.29, 1.82) is 0 Å². The maximum Gasteiger partial charge on any atom is 0.341 e. The smallest absolute Gasteiger partial charge is 0.341 e. The lowest BCUT2D eigenvalue weighted by Gasteiger charge is -2.15. The van der Waals surface area contributed by atoms with Crippen molar-refractivity contribution in [3.8, 4) is 5.75 Å². The summed E-state index contributed by atoms with van der Waals surface area (Å²) in [6, 6.07) is 10.3. The first kappa shape index (κ1) is 22.8. The van der Waals surface area contributed by atoms with Gasteiger partial charge in [-0.1, -0.05) is 0 Å². The number of hydrogen-bond acceptors (Lipinski definition) is 8. The number of nitrogens with one attached hydrogen (secondary N) is 1. The van der Waals surface area contributed by atoms with Gasteiger partial charge in [0, 0.05) is 37.0 Å². The molecule has 0 saturated heterocycles. The number of rotatable bonds is 11. The first-order valence-electron chi connectivity index (χ1n) is 9.36. The summed E-state index contributed by atoms with van der Waals surface area (Å²) in [5.41, 5.74) is 0.413. The van der Waals surface area contributed by atoms with Crippen LogP contribution in [0.2, 0.25) is 0 Å². The molecule has 0 aliphatic carbocycles. The summed E-state index contributed by atoms with van der Waals surface area (Å²) < 4.78 is 15.6. The molecule has 0 aliphatic rings. The molecule has 1 N–H and O–H groups in total. The number of nitro groups is 1. The first-order chi connectivity index (χ1) is 14.4. The Balaban J connectivity index is 2.16. The van der Waals surface area contributed by atoms with E-state index >= 15 is 0 Å². The number of benzene rings is 2. The van der Waals surface area contributed by atoms with Crippen LogP contribution in [-0.2, 0) is 9.47 Å². The van der Waals surface area contributed by atoms with E-state index in [1.165, 1.54) is 26.2 Å². The Morgan fingerprint density at radius 1 is 1.17 bits per heavy atom. The fourth-order valence-corrected chi connectivity index (χ4v) is 2.65. The molecule has 2 aromatic carbocycles. The minimum atomic E-state index is -1.08.